The molecule has 0 saturated heterocycles. The van der Waals surface area contributed by atoms with Crippen LogP contribution in [0.4, 0.5) is 0 Å². The second-order valence-electron chi connectivity index (χ2n) is 5.43. The molecule has 1 aromatic rings. The number of hydrogen-bond acceptors (Lipinski definition) is 1. The Balaban J connectivity index is 1.88. The topological polar surface area (TPSA) is 17.1 Å². The summed E-state index contributed by atoms with van der Waals surface area (Å²) < 4.78 is 0. The lowest BCUT2D eigenvalue weighted by molar-refractivity contribution is 0.0970. The lowest BCUT2D eigenvalue weighted by Gasteiger charge is -2.20. The Morgan fingerprint density at radius 2 is 2.00 bits per heavy atom. The summed E-state index contributed by atoms with van der Waals surface area (Å²) in [5, 5.41) is 0.693. The molecule has 0 heterocycles. The van der Waals surface area contributed by atoms with Crippen LogP contribution in [0.25, 0.3) is 0 Å². The van der Waals surface area contributed by atoms with Crippen molar-refractivity contribution in [2.45, 2.75) is 51.9 Å². The van der Waals surface area contributed by atoms with Crippen LogP contribution in [-0.4, -0.2) is 5.78 Å². The van der Waals surface area contributed by atoms with Crippen LogP contribution in [0.2, 0.25) is 5.02 Å². The maximum Gasteiger partial charge on any atom is 0.162 e. The van der Waals surface area contributed by atoms with E-state index in [4.69, 9.17) is 11.6 Å². The van der Waals surface area contributed by atoms with E-state index in [1.807, 2.05) is 19.1 Å². The van der Waals surface area contributed by atoms with Crippen molar-refractivity contribution >= 4 is 17.4 Å². The highest BCUT2D eigenvalue weighted by Crippen LogP contribution is 2.28. The summed E-state index contributed by atoms with van der Waals surface area (Å²) in [5.41, 5.74) is 1.79. The predicted molar refractivity (Wildman–Crippen MR) is 76.3 cm³/mol. The number of aryl methyl sites for hydroxylation is 1. The Morgan fingerprint density at radius 3 is 2.67 bits per heavy atom. The minimum atomic E-state index is 0.238. The highest BCUT2D eigenvalue weighted by Gasteiger charge is 2.15. The molecule has 1 nitrogen and oxygen atoms in total. The number of hydrogen-bond donors (Lipinski definition) is 0. The third-order valence-corrected chi connectivity index (χ3v) is 4.41. The Hall–Kier alpha value is -0.820. The zero-order valence-corrected chi connectivity index (χ0v) is 11.8. The molecule has 2 heteroatoms. The SMILES string of the molecule is Cc1ccc(C(=O)CCC2CCCCC2)cc1Cl. The fourth-order valence-electron chi connectivity index (χ4n) is 2.72. The highest BCUT2D eigenvalue weighted by molar-refractivity contribution is 6.31. The largest absolute Gasteiger partial charge is 0.294 e. The molecule has 98 valence electrons. The summed E-state index contributed by atoms with van der Waals surface area (Å²) >= 11 is 6.05. The normalized spacial score (nSPS) is 16.8. The molecule has 1 saturated carbocycles. The maximum absolute atomic E-state index is 12.1. The maximum atomic E-state index is 12.1. The zero-order chi connectivity index (χ0) is 13.0. The van der Waals surface area contributed by atoms with Crippen LogP contribution >= 0.6 is 11.6 Å². The van der Waals surface area contributed by atoms with E-state index >= 15 is 0 Å². The van der Waals surface area contributed by atoms with Crippen LogP contribution in [0.3, 0.4) is 0 Å². The van der Waals surface area contributed by atoms with E-state index in [1.165, 1.54) is 32.1 Å². The number of ketones is 1. The van der Waals surface area contributed by atoms with Crippen LogP contribution in [0.5, 0.6) is 0 Å². The van der Waals surface area contributed by atoms with Crippen molar-refractivity contribution in [1.82, 2.24) is 0 Å². The van der Waals surface area contributed by atoms with Crippen LogP contribution < -0.4 is 0 Å². The molecule has 0 bridgehead atoms. The first kappa shape index (κ1) is 13.6. The first-order valence-electron chi connectivity index (χ1n) is 6.96. The van der Waals surface area contributed by atoms with Gasteiger partial charge in [0.15, 0.2) is 5.78 Å². The average Bonchev–Trinajstić information content (AvgIpc) is 2.40. The molecule has 0 N–H and O–H groups in total. The van der Waals surface area contributed by atoms with Gasteiger partial charge in [-0.15, -0.1) is 0 Å². The molecule has 1 aromatic carbocycles. The molecule has 0 unspecified atom stereocenters. The number of carbonyl (C=O) groups is 1. The second-order valence-corrected chi connectivity index (χ2v) is 5.84. The third kappa shape index (κ3) is 3.58. The van der Waals surface area contributed by atoms with Crippen LogP contribution in [0, 0.1) is 12.8 Å². The van der Waals surface area contributed by atoms with E-state index in [1.54, 1.807) is 6.07 Å². The summed E-state index contributed by atoms with van der Waals surface area (Å²) in [7, 11) is 0. The molecule has 0 aromatic heterocycles. The smallest absolute Gasteiger partial charge is 0.162 e. The van der Waals surface area contributed by atoms with E-state index in [0.29, 0.717) is 11.4 Å². The number of carbonyl (C=O) groups excluding carboxylic acids is 1. The minimum Gasteiger partial charge on any atom is -0.294 e. The van der Waals surface area contributed by atoms with Gasteiger partial charge in [0, 0.05) is 17.0 Å². The van der Waals surface area contributed by atoms with Crippen molar-refractivity contribution in [2.75, 3.05) is 0 Å². The standard InChI is InChI=1S/C16H21ClO/c1-12-7-9-14(11-15(12)17)16(18)10-8-13-5-3-2-4-6-13/h7,9,11,13H,2-6,8,10H2,1H3. The molecule has 0 spiro atoms. The van der Waals surface area contributed by atoms with Crippen LogP contribution in [0.15, 0.2) is 18.2 Å². The molecule has 0 aliphatic heterocycles. The Labute approximate surface area is 115 Å². The molecule has 18 heavy (non-hydrogen) atoms. The molecule has 1 aliphatic carbocycles. The Bertz CT molecular complexity index is 419. The Kier molecular flexibility index (Phi) is 4.82. The quantitative estimate of drug-likeness (QED) is 0.684. The molecule has 1 aliphatic rings. The molecule has 0 radical (unpaired) electrons. The van der Waals surface area contributed by atoms with Gasteiger partial charge in [-0.25, -0.2) is 0 Å². The second kappa shape index (κ2) is 6.38. The first-order valence-corrected chi connectivity index (χ1v) is 7.34. The van der Waals surface area contributed by atoms with Gasteiger partial charge in [0.1, 0.15) is 0 Å². The minimum absolute atomic E-state index is 0.238. The van der Waals surface area contributed by atoms with E-state index in [0.717, 1.165) is 23.5 Å². The summed E-state index contributed by atoms with van der Waals surface area (Å²) in [4.78, 5) is 12.1. The van der Waals surface area contributed by atoms with Crippen molar-refractivity contribution in [3.63, 3.8) is 0 Å². The van der Waals surface area contributed by atoms with Crippen molar-refractivity contribution in [2.24, 2.45) is 5.92 Å². The van der Waals surface area contributed by atoms with Gasteiger partial charge in [0.05, 0.1) is 0 Å². The van der Waals surface area contributed by atoms with E-state index < -0.39 is 0 Å². The van der Waals surface area contributed by atoms with Gasteiger partial charge >= 0.3 is 0 Å². The summed E-state index contributed by atoms with van der Waals surface area (Å²) in [6.45, 7) is 1.96. The molecule has 0 atom stereocenters. The monoisotopic (exact) mass is 264 g/mol. The van der Waals surface area contributed by atoms with Crippen molar-refractivity contribution in [3.05, 3.63) is 34.3 Å². The molecule has 1 fully saturated rings. The molecular weight excluding hydrogens is 244 g/mol. The fourth-order valence-corrected chi connectivity index (χ4v) is 2.90. The zero-order valence-electron chi connectivity index (χ0n) is 11.0. The lowest BCUT2D eigenvalue weighted by atomic mass is 9.85. The fraction of sp³-hybridized carbons (Fsp3) is 0.562. The van der Waals surface area contributed by atoms with Crippen molar-refractivity contribution < 1.29 is 4.79 Å². The van der Waals surface area contributed by atoms with Gasteiger partial charge in [0.2, 0.25) is 0 Å². The van der Waals surface area contributed by atoms with E-state index in [2.05, 4.69) is 0 Å². The predicted octanol–water partition coefficient (Wildman–Crippen LogP) is 5.19. The number of benzene rings is 1. The van der Waals surface area contributed by atoms with Crippen molar-refractivity contribution in [1.29, 1.82) is 0 Å². The van der Waals surface area contributed by atoms with Crippen molar-refractivity contribution in [3.8, 4) is 0 Å². The van der Waals surface area contributed by atoms with Gasteiger partial charge < -0.3 is 0 Å². The average molecular weight is 265 g/mol. The van der Waals surface area contributed by atoms with Gasteiger partial charge in [-0.1, -0.05) is 55.8 Å². The third-order valence-electron chi connectivity index (χ3n) is 4.00. The van der Waals surface area contributed by atoms with E-state index in [-0.39, 0.29) is 5.78 Å². The molecule has 0 amide bonds. The lowest BCUT2D eigenvalue weighted by Crippen LogP contribution is -2.09. The van der Waals surface area contributed by atoms with Crippen LogP contribution in [0.1, 0.15) is 60.9 Å². The molecule has 2 rings (SSSR count). The number of Topliss-reactive ketones (excluding diaryl/α,β-unsaturated/α-hetero) is 1. The number of rotatable bonds is 4. The summed E-state index contributed by atoms with van der Waals surface area (Å²) in [6, 6.07) is 5.63. The first-order chi connectivity index (χ1) is 8.66. The summed E-state index contributed by atoms with van der Waals surface area (Å²) in [5.74, 6) is 1.01. The van der Waals surface area contributed by atoms with Gasteiger partial charge in [-0.2, -0.15) is 0 Å². The van der Waals surface area contributed by atoms with E-state index in [9.17, 15) is 4.79 Å². The Morgan fingerprint density at radius 1 is 1.28 bits per heavy atom. The van der Waals surface area contributed by atoms with Crippen LogP contribution in [-0.2, 0) is 0 Å². The summed E-state index contributed by atoms with van der Waals surface area (Å²) in [6.07, 6.45) is 8.39. The number of halogens is 1. The van der Waals surface area contributed by atoms with Gasteiger partial charge in [-0.05, 0) is 30.9 Å². The highest BCUT2D eigenvalue weighted by atomic mass is 35.5. The molecular formula is C16H21ClO. The van der Waals surface area contributed by atoms with Gasteiger partial charge in [-0.3, -0.25) is 4.79 Å². The van der Waals surface area contributed by atoms with Gasteiger partial charge in [0.25, 0.3) is 0 Å².